The lowest BCUT2D eigenvalue weighted by Gasteiger charge is -2.17. The van der Waals surface area contributed by atoms with Gasteiger partial charge < -0.3 is 5.11 Å². The normalized spacial score (nSPS) is 12.6. The van der Waals surface area contributed by atoms with Crippen molar-refractivity contribution in [1.82, 2.24) is 0 Å². The van der Waals surface area contributed by atoms with Crippen molar-refractivity contribution in [3.63, 3.8) is 0 Å². The molecule has 1 aromatic rings. The van der Waals surface area contributed by atoms with E-state index < -0.39 is 38.6 Å². The molecule has 0 unspecified atom stereocenters. The Morgan fingerprint density at radius 2 is 1.56 bits per heavy atom. The lowest BCUT2D eigenvalue weighted by molar-refractivity contribution is -0.144. The van der Waals surface area contributed by atoms with Crippen LogP contribution in [-0.2, 0) is 12.4 Å². The number of carbonyl (C=O) groups is 1. The van der Waals surface area contributed by atoms with Crippen LogP contribution in [0.4, 0.5) is 26.3 Å². The molecule has 0 bridgehead atoms. The summed E-state index contributed by atoms with van der Waals surface area (Å²) in [5.74, 6) is -2.27. The predicted molar refractivity (Wildman–Crippen MR) is 56.1 cm³/mol. The highest BCUT2D eigenvalue weighted by Gasteiger charge is 2.44. The first-order valence-electron chi connectivity index (χ1n) is 4.16. The Labute approximate surface area is 110 Å². The van der Waals surface area contributed by atoms with E-state index in [4.69, 9.17) is 5.11 Å². The molecular formula is C9H3F6IO2. The van der Waals surface area contributed by atoms with Crippen molar-refractivity contribution in [3.8, 4) is 0 Å². The molecule has 0 aliphatic carbocycles. The molecule has 0 atom stereocenters. The van der Waals surface area contributed by atoms with Crippen molar-refractivity contribution < 1.29 is 36.2 Å². The Balaban J connectivity index is 3.76. The number of carboxylic acids is 1. The third-order valence-corrected chi connectivity index (χ3v) is 2.86. The predicted octanol–water partition coefficient (Wildman–Crippen LogP) is 4.03. The number of alkyl halides is 6. The molecule has 0 heterocycles. The summed E-state index contributed by atoms with van der Waals surface area (Å²) in [6.45, 7) is 0. The zero-order valence-electron chi connectivity index (χ0n) is 8.16. The summed E-state index contributed by atoms with van der Waals surface area (Å²) in [7, 11) is 0. The van der Waals surface area contributed by atoms with Crippen molar-refractivity contribution >= 4 is 28.6 Å². The van der Waals surface area contributed by atoms with Crippen LogP contribution in [0.15, 0.2) is 12.1 Å². The minimum absolute atomic E-state index is 0.320. The Hall–Kier alpha value is -1.00. The summed E-state index contributed by atoms with van der Waals surface area (Å²) in [6.07, 6.45) is -10.3. The SMILES string of the molecule is O=C(O)c1c(C(F)(F)F)ccc(I)c1C(F)(F)F. The van der Waals surface area contributed by atoms with Crippen LogP contribution in [0.5, 0.6) is 0 Å². The molecule has 1 rings (SSSR count). The zero-order chi connectivity index (χ0) is 14.3. The van der Waals surface area contributed by atoms with E-state index in [-0.39, 0.29) is 0 Å². The van der Waals surface area contributed by atoms with Gasteiger partial charge in [0, 0.05) is 3.57 Å². The van der Waals surface area contributed by atoms with Gasteiger partial charge in [0.25, 0.3) is 0 Å². The molecule has 0 saturated heterocycles. The molecule has 9 heteroatoms. The maximum absolute atomic E-state index is 12.6. The van der Waals surface area contributed by atoms with Gasteiger partial charge >= 0.3 is 18.3 Å². The van der Waals surface area contributed by atoms with E-state index in [1.165, 1.54) is 0 Å². The second-order valence-electron chi connectivity index (χ2n) is 3.15. The highest BCUT2D eigenvalue weighted by atomic mass is 127. The Morgan fingerprint density at radius 1 is 1.06 bits per heavy atom. The summed E-state index contributed by atoms with van der Waals surface area (Å²) < 4.78 is 74.6. The van der Waals surface area contributed by atoms with E-state index in [0.717, 1.165) is 22.6 Å². The van der Waals surface area contributed by atoms with E-state index in [0.29, 0.717) is 12.1 Å². The van der Waals surface area contributed by atoms with Crippen LogP contribution < -0.4 is 0 Å². The first-order chi connectivity index (χ1) is 7.96. The fourth-order valence-corrected chi connectivity index (χ4v) is 2.07. The van der Waals surface area contributed by atoms with Crippen LogP contribution in [-0.4, -0.2) is 11.1 Å². The van der Waals surface area contributed by atoms with Crippen LogP contribution in [0.25, 0.3) is 0 Å². The van der Waals surface area contributed by atoms with E-state index in [9.17, 15) is 31.1 Å². The van der Waals surface area contributed by atoms with E-state index >= 15 is 0 Å². The molecule has 0 aromatic heterocycles. The zero-order valence-corrected chi connectivity index (χ0v) is 10.3. The van der Waals surface area contributed by atoms with Gasteiger partial charge in [-0.05, 0) is 34.7 Å². The number of hydrogen-bond acceptors (Lipinski definition) is 1. The lowest BCUT2D eigenvalue weighted by Crippen LogP contribution is -2.21. The standard InChI is InChI=1S/C9H3F6IO2/c10-8(11,12)3-1-2-4(16)6(9(13,14)15)5(3)7(17)18/h1-2H,(H,17,18). The van der Waals surface area contributed by atoms with Gasteiger partial charge in [0.15, 0.2) is 0 Å². The van der Waals surface area contributed by atoms with Gasteiger partial charge in [-0.25, -0.2) is 4.79 Å². The molecule has 2 nitrogen and oxygen atoms in total. The fourth-order valence-electron chi connectivity index (χ4n) is 1.31. The first kappa shape index (κ1) is 15.1. The maximum Gasteiger partial charge on any atom is 0.418 e. The fraction of sp³-hybridized carbons (Fsp3) is 0.222. The Kier molecular flexibility index (Phi) is 3.84. The van der Waals surface area contributed by atoms with E-state index in [2.05, 4.69) is 0 Å². The monoisotopic (exact) mass is 384 g/mol. The van der Waals surface area contributed by atoms with Gasteiger partial charge in [0.2, 0.25) is 0 Å². The largest absolute Gasteiger partial charge is 0.478 e. The lowest BCUT2D eigenvalue weighted by atomic mass is 10.00. The van der Waals surface area contributed by atoms with Crippen LogP contribution in [0.1, 0.15) is 21.5 Å². The minimum Gasteiger partial charge on any atom is -0.478 e. The molecule has 0 fully saturated rings. The molecule has 1 aromatic carbocycles. The van der Waals surface area contributed by atoms with Crippen LogP contribution in [0.3, 0.4) is 0 Å². The number of carboxylic acid groups (broad SMARTS) is 1. The molecule has 0 spiro atoms. The molecule has 0 aliphatic rings. The van der Waals surface area contributed by atoms with Crippen molar-refractivity contribution in [2.45, 2.75) is 12.4 Å². The highest BCUT2D eigenvalue weighted by Crippen LogP contribution is 2.41. The summed E-state index contributed by atoms with van der Waals surface area (Å²) >= 11 is 1.14. The number of aromatic carboxylic acids is 1. The van der Waals surface area contributed by atoms with Crippen molar-refractivity contribution in [3.05, 3.63) is 32.4 Å². The van der Waals surface area contributed by atoms with Crippen molar-refractivity contribution in [2.75, 3.05) is 0 Å². The summed E-state index contributed by atoms with van der Waals surface area (Å²) in [6, 6.07) is 0.902. The summed E-state index contributed by atoms with van der Waals surface area (Å²) in [4.78, 5) is 10.7. The van der Waals surface area contributed by atoms with Gasteiger partial charge in [-0.2, -0.15) is 26.3 Å². The average molecular weight is 384 g/mol. The molecule has 18 heavy (non-hydrogen) atoms. The molecular weight excluding hydrogens is 381 g/mol. The van der Waals surface area contributed by atoms with E-state index in [1.54, 1.807) is 0 Å². The van der Waals surface area contributed by atoms with Crippen molar-refractivity contribution in [2.24, 2.45) is 0 Å². The first-order valence-corrected chi connectivity index (χ1v) is 5.24. The van der Waals surface area contributed by atoms with E-state index in [1.807, 2.05) is 0 Å². The van der Waals surface area contributed by atoms with Crippen LogP contribution >= 0.6 is 22.6 Å². The summed E-state index contributed by atoms with van der Waals surface area (Å²) in [5.41, 5.74) is -5.38. The molecule has 100 valence electrons. The number of benzene rings is 1. The third kappa shape index (κ3) is 2.87. The van der Waals surface area contributed by atoms with Gasteiger partial charge in [-0.15, -0.1) is 0 Å². The van der Waals surface area contributed by atoms with Gasteiger partial charge in [0.1, 0.15) is 0 Å². The average Bonchev–Trinajstić information content (AvgIpc) is 2.12. The minimum atomic E-state index is -5.18. The number of hydrogen-bond donors (Lipinski definition) is 1. The molecule has 0 saturated carbocycles. The molecule has 1 N–H and O–H groups in total. The second kappa shape index (κ2) is 4.59. The summed E-state index contributed by atoms with van der Waals surface area (Å²) in [5, 5.41) is 8.59. The Bertz CT molecular complexity index is 491. The molecule has 0 amide bonds. The smallest absolute Gasteiger partial charge is 0.418 e. The molecule has 0 radical (unpaired) electrons. The van der Waals surface area contributed by atoms with Gasteiger partial charge in [-0.1, -0.05) is 0 Å². The Morgan fingerprint density at radius 3 is 1.89 bits per heavy atom. The number of halogens is 7. The van der Waals surface area contributed by atoms with Gasteiger partial charge in [0.05, 0.1) is 16.7 Å². The van der Waals surface area contributed by atoms with Crippen molar-refractivity contribution in [1.29, 1.82) is 0 Å². The topological polar surface area (TPSA) is 37.3 Å². The third-order valence-electron chi connectivity index (χ3n) is 1.96. The highest BCUT2D eigenvalue weighted by molar-refractivity contribution is 14.1. The molecule has 0 aliphatic heterocycles. The van der Waals surface area contributed by atoms with Crippen LogP contribution in [0, 0.1) is 3.57 Å². The quantitative estimate of drug-likeness (QED) is 0.587. The number of rotatable bonds is 1. The van der Waals surface area contributed by atoms with Crippen LogP contribution in [0.2, 0.25) is 0 Å². The van der Waals surface area contributed by atoms with Gasteiger partial charge in [-0.3, -0.25) is 0 Å². The maximum atomic E-state index is 12.6. The second-order valence-corrected chi connectivity index (χ2v) is 4.31.